The predicted octanol–water partition coefficient (Wildman–Crippen LogP) is 1.83. The number of rotatable bonds is 5. The van der Waals surface area contributed by atoms with Gasteiger partial charge in [0.15, 0.2) is 0 Å². The highest BCUT2D eigenvalue weighted by Gasteiger charge is 2.23. The lowest BCUT2D eigenvalue weighted by Gasteiger charge is -2.12. The third-order valence-corrected chi connectivity index (χ3v) is 2.83. The standard InChI is InChI=1S/C14H17NO3/c1-3-17-14(16)10(2)8-15-12-9-18-13-7-5-4-6-11(12)13/h4-7,12,15H,2-3,8-9H2,1H3. The van der Waals surface area contributed by atoms with Crippen LogP contribution in [0.5, 0.6) is 5.75 Å². The quantitative estimate of drug-likeness (QED) is 0.637. The number of para-hydroxylation sites is 1. The number of ether oxygens (including phenoxy) is 2. The highest BCUT2D eigenvalue weighted by molar-refractivity contribution is 5.88. The van der Waals surface area contributed by atoms with Gasteiger partial charge < -0.3 is 14.8 Å². The lowest BCUT2D eigenvalue weighted by atomic mass is 10.1. The highest BCUT2D eigenvalue weighted by atomic mass is 16.5. The molecule has 1 heterocycles. The summed E-state index contributed by atoms with van der Waals surface area (Å²) in [6, 6.07) is 7.98. The van der Waals surface area contributed by atoms with Crippen molar-refractivity contribution < 1.29 is 14.3 Å². The van der Waals surface area contributed by atoms with Gasteiger partial charge in [-0.15, -0.1) is 0 Å². The smallest absolute Gasteiger partial charge is 0.334 e. The zero-order valence-electron chi connectivity index (χ0n) is 10.4. The molecule has 0 bridgehead atoms. The SMILES string of the molecule is C=C(CNC1COc2ccccc21)C(=O)OCC. The Kier molecular flexibility index (Phi) is 3.99. The van der Waals surface area contributed by atoms with Crippen LogP contribution in [0.15, 0.2) is 36.4 Å². The van der Waals surface area contributed by atoms with E-state index in [-0.39, 0.29) is 12.0 Å². The maximum absolute atomic E-state index is 11.4. The first kappa shape index (κ1) is 12.6. The van der Waals surface area contributed by atoms with Crippen molar-refractivity contribution >= 4 is 5.97 Å². The van der Waals surface area contributed by atoms with E-state index in [9.17, 15) is 4.79 Å². The van der Waals surface area contributed by atoms with Gasteiger partial charge in [-0.05, 0) is 13.0 Å². The van der Waals surface area contributed by atoms with Crippen LogP contribution in [-0.4, -0.2) is 25.7 Å². The molecule has 1 aromatic carbocycles. The first-order chi connectivity index (χ1) is 8.72. The van der Waals surface area contributed by atoms with E-state index in [1.54, 1.807) is 6.92 Å². The fourth-order valence-corrected chi connectivity index (χ4v) is 1.88. The van der Waals surface area contributed by atoms with Gasteiger partial charge in [0.1, 0.15) is 12.4 Å². The molecule has 1 aromatic rings. The van der Waals surface area contributed by atoms with Crippen molar-refractivity contribution in [2.45, 2.75) is 13.0 Å². The van der Waals surface area contributed by atoms with E-state index in [0.717, 1.165) is 11.3 Å². The van der Waals surface area contributed by atoms with Crippen LogP contribution in [0.25, 0.3) is 0 Å². The Balaban J connectivity index is 1.89. The van der Waals surface area contributed by atoms with Gasteiger partial charge in [-0.1, -0.05) is 24.8 Å². The summed E-state index contributed by atoms with van der Waals surface area (Å²) in [6.07, 6.45) is 0. The van der Waals surface area contributed by atoms with Crippen molar-refractivity contribution in [1.29, 1.82) is 0 Å². The Morgan fingerprint density at radius 3 is 3.11 bits per heavy atom. The third kappa shape index (κ3) is 2.71. The molecule has 1 aliphatic heterocycles. The summed E-state index contributed by atoms with van der Waals surface area (Å²) in [5, 5.41) is 3.25. The van der Waals surface area contributed by atoms with E-state index in [1.807, 2.05) is 24.3 Å². The minimum atomic E-state index is -0.350. The third-order valence-electron chi connectivity index (χ3n) is 2.83. The van der Waals surface area contributed by atoms with Crippen molar-refractivity contribution in [2.24, 2.45) is 0 Å². The molecule has 1 aliphatic rings. The van der Waals surface area contributed by atoms with Gasteiger partial charge in [-0.3, -0.25) is 0 Å². The monoisotopic (exact) mass is 247 g/mol. The van der Waals surface area contributed by atoms with E-state index in [1.165, 1.54) is 0 Å². The molecule has 0 aliphatic carbocycles. The number of fused-ring (bicyclic) bond motifs is 1. The lowest BCUT2D eigenvalue weighted by Crippen LogP contribution is -2.27. The highest BCUT2D eigenvalue weighted by Crippen LogP contribution is 2.31. The molecule has 0 spiro atoms. The Bertz CT molecular complexity index is 456. The topological polar surface area (TPSA) is 47.6 Å². The second-order valence-electron chi connectivity index (χ2n) is 4.11. The molecule has 96 valence electrons. The summed E-state index contributed by atoms with van der Waals surface area (Å²) >= 11 is 0. The Labute approximate surface area is 107 Å². The molecule has 2 rings (SSSR count). The van der Waals surface area contributed by atoms with Crippen LogP contribution in [0.4, 0.5) is 0 Å². The zero-order chi connectivity index (χ0) is 13.0. The van der Waals surface area contributed by atoms with Crippen molar-refractivity contribution in [3.05, 3.63) is 42.0 Å². The second kappa shape index (κ2) is 5.69. The zero-order valence-corrected chi connectivity index (χ0v) is 10.4. The summed E-state index contributed by atoms with van der Waals surface area (Å²) in [4.78, 5) is 11.4. The normalized spacial score (nSPS) is 16.8. The van der Waals surface area contributed by atoms with E-state index >= 15 is 0 Å². The number of carbonyl (C=O) groups excluding carboxylic acids is 1. The van der Waals surface area contributed by atoms with Gasteiger partial charge in [0.25, 0.3) is 0 Å². The van der Waals surface area contributed by atoms with Crippen LogP contribution < -0.4 is 10.1 Å². The summed E-state index contributed by atoms with van der Waals surface area (Å²) < 4.78 is 10.4. The summed E-state index contributed by atoms with van der Waals surface area (Å²) in [6.45, 7) is 6.84. The lowest BCUT2D eigenvalue weighted by molar-refractivity contribution is -0.138. The van der Waals surface area contributed by atoms with Gasteiger partial charge in [-0.2, -0.15) is 0 Å². The summed E-state index contributed by atoms with van der Waals surface area (Å²) in [5.74, 6) is 0.550. The molecule has 0 saturated carbocycles. The van der Waals surface area contributed by atoms with Gasteiger partial charge in [0, 0.05) is 17.7 Å². The van der Waals surface area contributed by atoms with Crippen LogP contribution in [0, 0.1) is 0 Å². The molecule has 0 radical (unpaired) electrons. The number of nitrogens with one attached hydrogen (secondary N) is 1. The summed E-state index contributed by atoms with van der Waals surface area (Å²) in [5.41, 5.74) is 1.55. The Hall–Kier alpha value is -1.81. The van der Waals surface area contributed by atoms with Crippen molar-refractivity contribution in [1.82, 2.24) is 5.32 Å². The van der Waals surface area contributed by atoms with Gasteiger partial charge in [0.05, 0.1) is 12.6 Å². The number of benzene rings is 1. The molecule has 18 heavy (non-hydrogen) atoms. The number of esters is 1. The molecular weight excluding hydrogens is 230 g/mol. The van der Waals surface area contributed by atoms with E-state index < -0.39 is 0 Å². The van der Waals surface area contributed by atoms with Crippen LogP contribution >= 0.6 is 0 Å². The van der Waals surface area contributed by atoms with Gasteiger partial charge in [0.2, 0.25) is 0 Å². The average Bonchev–Trinajstić information content (AvgIpc) is 2.79. The summed E-state index contributed by atoms with van der Waals surface area (Å²) in [7, 11) is 0. The van der Waals surface area contributed by atoms with Crippen LogP contribution in [-0.2, 0) is 9.53 Å². The molecule has 4 nitrogen and oxygen atoms in total. The first-order valence-electron chi connectivity index (χ1n) is 6.02. The molecule has 1 N–H and O–H groups in total. The fraction of sp³-hybridized carbons (Fsp3) is 0.357. The molecule has 4 heteroatoms. The molecule has 1 unspecified atom stereocenters. The fourth-order valence-electron chi connectivity index (χ4n) is 1.88. The Morgan fingerprint density at radius 2 is 2.33 bits per heavy atom. The molecule has 1 atom stereocenters. The molecular formula is C14H17NO3. The van der Waals surface area contributed by atoms with E-state index in [4.69, 9.17) is 9.47 Å². The van der Waals surface area contributed by atoms with E-state index in [2.05, 4.69) is 11.9 Å². The van der Waals surface area contributed by atoms with E-state index in [0.29, 0.717) is 25.3 Å². The molecule has 0 saturated heterocycles. The minimum absolute atomic E-state index is 0.104. The van der Waals surface area contributed by atoms with Gasteiger partial charge >= 0.3 is 5.97 Å². The maximum atomic E-state index is 11.4. The van der Waals surface area contributed by atoms with Gasteiger partial charge in [-0.25, -0.2) is 4.79 Å². The maximum Gasteiger partial charge on any atom is 0.334 e. The second-order valence-corrected chi connectivity index (χ2v) is 4.11. The minimum Gasteiger partial charge on any atom is -0.491 e. The number of hydrogen-bond donors (Lipinski definition) is 1. The first-order valence-corrected chi connectivity index (χ1v) is 6.02. The molecule has 0 aromatic heterocycles. The largest absolute Gasteiger partial charge is 0.491 e. The van der Waals surface area contributed by atoms with Crippen molar-refractivity contribution in [3.63, 3.8) is 0 Å². The van der Waals surface area contributed by atoms with Crippen molar-refractivity contribution in [3.8, 4) is 5.75 Å². The molecule has 0 amide bonds. The molecule has 0 fully saturated rings. The van der Waals surface area contributed by atoms with Crippen LogP contribution in [0.1, 0.15) is 18.5 Å². The Morgan fingerprint density at radius 1 is 1.56 bits per heavy atom. The number of carbonyl (C=O) groups is 1. The average molecular weight is 247 g/mol. The number of hydrogen-bond acceptors (Lipinski definition) is 4. The predicted molar refractivity (Wildman–Crippen MR) is 68.5 cm³/mol. The van der Waals surface area contributed by atoms with Crippen LogP contribution in [0.3, 0.4) is 0 Å². The van der Waals surface area contributed by atoms with Crippen molar-refractivity contribution in [2.75, 3.05) is 19.8 Å². The van der Waals surface area contributed by atoms with Crippen LogP contribution in [0.2, 0.25) is 0 Å².